The number of hydrogen-bond donors (Lipinski definition) is 3. The van der Waals surface area contributed by atoms with Crippen molar-refractivity contribution in [1.82, 2.24) is 10.2 Å². The van der Waals surface area contributed by atoms with Crippen molar-refractivity contribution in [2.75, 3.05) is 39.9 Å². The monoisotopic (exact) mass is 980 g/mol. The Labute approximate surface area is 415 Å². The summed E-state index contributed by atoms with van der Waals surface area (Å²) in [5, 5.41) is 32.2. The number of piperazine rings is 1. The molecule has 71 heavy (non-hydrogen) atoms. The fraction of sp³-hybridized carbons (Fsp3) is 0.364. The highest BCUT2D eigenvalue weighted by Crippen LogP contribution is 2.67. The summed E-state index contributed by atoms with van der Waals surface area (Å²) in [6.07, 6.45) is 8.02. The molecule has 1 spiro atoms. The molecule has 1 aliphatic carbocycles. The molecule has 3 N–H and O–H groups in total. The van der Waals surface area contributed by atoms with Gasteiger partial charge < -0.3 is 48.7 Å². The van der Waals surface area contributed by atoms with Crippen LogP contribution in [0.2, 0.25) is 0 Å². The number of esters is 3. The van der Waals surface area contributed by atoms with Crippen molar-refractivity contribution in [1.29, 1.82) is 0 Å². The normalized spacial score (nSPS) is 29.4. The number of rotatable bonds is 8. The molecule has 0 aromatic heterocycles. The molecule has 0 saturated carbocycles. The minimum Gasteiger partial charge on any atom is -0.651 e. The molecule has 0 amide bonds. The van der Waals surface area contributed by atoms with E-state index < -0.39 is 64.5 Å². The summed E-state index contributed by atoms with van der Waals surface area (Å²) in [4.78, 5) is 45.4. The van der Waals surface area contributed by atoms with Gasteiger partial charge in [0.2, 0.25) is 6.79 Å². The van der Waals surface area contributed by atoms with E-state index in [1.807, 2.05) is 86.3 Å². The third-order valence-corrected chi connectivity index (χ3v) is 16.8. The lowest BCUT2D eigenvalue weighted by atomic mass is 9.57. The quantitative estimate of drug-likeness (QED) is 0.0886. The molecule has 9 atom stereocenters. The van der Waals surface area contributed by atoms with Crippen LogP contribution in [0.3, 0.4) is 0 Å². The molecular weight excluding hydrogens is 927 g/mol. The molecule has 16 heteroatoms. The number of phenols is 1. The standard InChI is InChI=1S/C55H54N3O12S/c1-29-22-34-24-36-52(62)58-37-26-66-53(63)55(35-25-39(64-4)38(59)23-33(35)20-21-56-55)27-71-49(43-42(37)48-47(67-28-68-48)30(2)46(43)69-40(60)18-16-31-12-8-6-9-13-31)44(58)50(57-36)54(34,3)51(45(29)65-5)70-41(61)19-17-32-14-10-7-11-15-32/h6-19,22-23,25,34,36-37,44,49-50,52,56,59,62H,20-21,24,26-28H2,1-5H3/q-1/b18-16+,19-17+/t34?,36-,37-,44?,49+,50-,52-,54?,55+/m0/s1. The van der Waals surface area contributed by atoms with Crippen molar-refractivity contribution in [2.45, 2.75) is 74.8 Å². The van der Waals surface area contributed by atoms with Gasteiger partial charge in [0.15, 0.2) is 40.1 Å². The van der Waals surface area contributed by atoms with Crippen LogP contribution in [0.4, 0.5) is 0 Å². The number of carbonyl (C=O) groups excluding carboxylic acids is 3. The number of fused-ring (bicyclic) bond motifs is 9. The number of aliphatic hydroxyl groups is 1. The van der Waals surface area contributed by atoms with Gasteiger partial charge in [0.1, 0.15) is 12.4 Å². The summed E-state index contributed by atoms with van der Waals surface area (Å²) in [5.74, 6) is -0.122. The van der Waals surface area contributed by atoms with Gasteiger partial charge in [-0.15, -0.1) is 17.8 Å². The second-order valence-corrected chi connectivity index (χ2v) is 20.3. The van der Waals surface area contributed by atoms with Crippen LogP contribution in [0.25, 0.3) is 17.5 Å². The first kappa shape index (κ1) is 46.8. The summed E-state index contributed by atoms with van der Waals surface area (Å²) < 4.78 is 43.8. The lowest BCUT2D eigenvalue weighted by Crippen LogP contribution is -2.71. The molecule has 3 unspecified atom stereocenters. The average Bonchev–Trinajstić information content (AvgIpc) is 3.88. The molecule has 8 aliphatic rings. The maximum absolute atomic E-state index is 15.1. The molecule has 4 bridgehead atoms. The highest BCUT2D eigenvalue weighted by atomic mass is 32.2. The van der Waals surface area contributed by atoms with Crippen molar-refractivity contribution in [3.05, 3.63) is 152 Å². The Morgan fingerprint density at radius 3 is 2.30 bits per heavy atom. The SMILES string of the molecule is COC1=C(OC(=O)/C=C/c2ccccc2)C2(C)C(C=C1C)C[C@@H]1[N-][C@H]2C2[C@@H]3SC[C@]4(NCCc5cc(O)c(OC)cc54)C(=O)OC[C@@H](c4c5c(c(C)c(OC(=O)/C=C/c6ccccc6)c43)OCO5)N2[C@H]1O. The van der Waals surface area contributed by atoms with Gasteiger partial charge in [0, 0.05) is 57.8 Å². The number of nitrogens with one attached hydrogen (secondary N) is 1. The summed E-state index contributed by atoms with van der Waals surface area (Å²) in [5.41, 5.74) is 2.93. The van der Waals surface area contributed by atoms with Crippen LogP contribution in [0.5, 0.6) is 28.7 Å². The molecule has 0 radical (unpaired) electrons. The molecule has 7 aliphatic heterocycles. The third kappa shape index (κ3) is 7.61. The Morgan fingerprint density at radius 2 is 1.61 bits per heavy atom. The van der Waals surface area contributed by atoms with Gasteiger partial charge >= 0.3 is 17.9 Å². The third-order valence-electron chi connectivity index (χ3n) is 15.3. The number of hydrogen-bond acceptors (Lipinski definition) is 15. The molecule has 3 fully saturated rings. The molecule has 4 aromatic rings. The number of carbonyl (C=O) groups is 3. The van der Waals surface area contributed by atoms with Gasteiger partial charge in [-0.1, -0.05) is 86.1 Å². The predicted octanol–water partition coefficient (Wildman–Crippen LogP) is 7.70. The molecule has 3 saturated heterocycles. The smallest absolute Gasteiger partial charge is 0.336 e. The minimum absolute atomic E-state index is 0.0492. The van der Waals surface area contributed by atoms with Gasteiger partial charge in [-0.3, -0.25) is 10.2 Å². The van der Waals surface area contributed by atoms with Crippen molar-refractivity contribution >= 4 is 41.8 Å². The number of nitrogens with zero attached hydrogens (tertiary/aromatic N) is 2. The highest BCUT2D eigenvalue weighted by molar-refractivity contribution is 7.99. The molecule has 4 aromatic carbocycles. The van der Waals surface area contributed by atoms with Gasteiger partial charge in [-0.05, 0) is 78.3 Å². The van der Waals surface area contributed by atoms with Crippen molar-refractivity contribution in [2.24, 2.45) is 11.3 Å². The van der Waals surface area contributed by atoms with E-state index >= 15 is 4.79 Å². The zero-order chi connectivity index (χ0) is 49.3. The topological polar surface area (TPSA) is 186 Å². The lowest BCUT2D eigenvalue weighted by Gasteiger charge is -2.71. The van der Waals surface area contributed by atoms with E-state index in [1.165, 1.54) is 31.0 Å². The van der Waals surface area contributed by atoms with Crippen LogP contribution in [0.15, 0.2) is 108 Å². The zero-order valence-electron chi connectivity index (χ0n) is 39.9. The van der Waals surface area contributed by atoms with E-state index in [-0.39, 0.29) is 42.3 Å². The Morgan fingerprint density at radius 1 is 0.915 bits per heavy atom. The van der Waals surface area contributed by atoms with Gasteiger partial charge in [-0.2, -0.15) is 0 Å². The van der Waals surface area contributed by atoms with E-state index in [1.54, 1.807) is 31.4 Å². The number of phenolic OH excluding ortho intramolecular Hbond substituents is 1. The molecule has 7 heterocycles. The fourth-order valence-corrected chi connectivity index (χ4v) is 13.7. The average molecular weight is 981 g/mol. The van der Waals surface area contributed by atoms with Gasteiger partial charge in [0.05, 0.1) is 26.5 Å². The number of methoxy groups -OCH3 is 2. The Bertz CT molecular complexity index is 2960. The van der Waals surface area contributed by atoms with Crippen LogP contribution in [0, 0.1) is 18.3 Å². The fourth-order valence-electron chi connectivity index (χ4n) is 12.0. The zero-order valence-corrected chi connectivity index (χ0v) is 40.7. The first-order valence-electron chi connectivity index (χ1n) is 23.8. The summed E-state index contributed by atoms with van der Waals surface area (Å²) >= 11 is 1.43. The van der Waals surface area contributed by atoms with Crippen LogP contribution in [0.1, 0.15) is 70.5 Å². The van der Waals surface area contributed by atoms with E-state index in [9.17, 15) is 19.8 Å². The summed E-state index contributed by atoms with van der Waals surface area (Å²) in [6, 6.07) is 19.2. The van der Waals surface area contributed by atoms with Crippen LogP contribution >= 0.6 is 11.8 Å². The second kappa shape index (κ2) is 18.2. The number of aromatic hydroxyl groups is 1. The number of allylic oxidation sites excluding steroid dienone is 2. The maximum atomic E-state index is 15.1. The van der Waals surface area contributed by atoms with E-state index in [2.05, 4.69) is 11.4 Å². The van der Waals surface area contributed by atoms with Crippen molar-refractivity contribution in [3.63, 3.8) is 0 Å². The number of ether oxygens (including phenoxy) is 7. The maximum Gasteiger partial charge on any atom is 0.336 e. The highest BCUT2D eigenvalue weighted by Gasteiger charge is 2.62. The molecule has 368 valence electrons. The van der Waals surface area contributed by atoms with Crippen molar-refractivity contribution < 1.29 is 57.8 Å². The van der Waals surface area contributed by atoms with E-state index in [0.29, 0.717) is 64.7 Å². The Hall–Kier alpha value is -6.56. The van der Waals surface area contributed by atoms with E-state index in [0.717, 1.165) is 22.3 Å². The summed E-state index contributed by atoms with van der Waals surface area (Å²) in [6.45, 7) is 5.79. The van der Waals surface area contributed by atoms with Crippen molar-refractivity contribution in [3.8, 4) is 28.7 Å². The molecule has 15 nitrogen and oxygen atoms in total. The Balaban J connectivity index is 1.11. The number of piperidine rings is 1. The molecular formula is C55H54N3O12S-. The number of benzene rings is 4. The summed E-state index contributed by atoms with van der Waals surface area (Å²) in [7, 11) is 3.01. The first-order chi connectivity index (χ1) is 34.4. The van der Waals surface area contributed by atoms with E-state index in [4.69, 9.17) is 38.5 Å². The Kier molecular flexibility index (Phi) is 12.0. The minimum atomic E-state index is -1.45. The number of aliphatic hydroxyl groups excluding tert-OH is 1. The first-order valence-corrected chi connectivity index (χ1v) is 24.8. The predicted molar refractivity (Wildman–Crippen MR) is 263 cm³/mol. The van der Waals surface area contributed by atoms with Crippen LogP contribution < -0.4 is 24.3 Å². The lowest BCUT2D eigenvalue weighted by molar-refractivity contribution is -0.165. The van der Waals surface area contributed by atoms with Gasteiger partial charge in [0.25, 0.3) is 0 Å². The molecule has 12 rings (SSSR count). The second-order valence-electron chi connectivity index (χ2n) is 19.1. The largest absolute Gasteiger partial charge is 0.651 e. The number of thioether (sulfide) groups is 1. The van der Waals surface area contributed by atoms with Crippen LogP contribution in [-0.2, 0) is 40.6 Å². The van der Waals surface area contributed by atoms with Gasteiger partial charge in [-0.25, -0.2) is 14.4 Å². The van der Waals surface area contributed by atoms with Crippen LogP contribution in [-0.4, -0.2) is 97.3 Å².